The molecule has 1 atom stereocenters. The van der Waals surface area contributed by atoms with E-state index in [1.807, 2.05) is 6.20 Å². The SMILES string of the molecule is CC(c1cnn(CC2CCC2)c1)N1CCC(O)CC1. The predicted octanol–water partition coefficient (Wildman–Crippen LogP) is 2.20. The lowest BCUT2D eigenvalue weighted by Crippen LogP contribution is -2.37. The minimum Gasteiger partial charge on any atom is -0.393 e. The fourth-order valence-corrected chi connectivity index (χ4v) is 3.12. The summed E-state index contributed by atoms with van der Waals surface area (Å²) in [7, 11) is 0. The zero-order valence-electron chi connectivity index (χ0n) is 11.8. The first-order valence-electron chi connectivity index (χ1n) is 7.67. The van der Waals surface area contributed by atoms with Gasteiger partial charge in [0.05, 0.1) is 12.3 Å². The number of nitrogens with zero attached hydrogens (tertiary/aromatic N) is 3. The van der Waals surface area contributed by atoms with Crippen LogP contribution in [0.2, 0.25) is 0 Å². The van der Waals surface area contributed by atoms with Crippen LogP contribution in [-0.2, 0) is 6.54 Å². The minimum atomic E-state index is -0.0928. The van der Waals surface area contributed by atoms with Gasteiger partial charge in [-0.2, -0.15) is 5.10 Å². The van der Waals surface area contributed by atoms with Crippen LogP contribution in [0.15, 0.2) is 12.4 Å². The average molecular weight is 263 g/mol. The van der Waals surface area contributed by atoms with Gasteiger partial charge in [0.15, 0.2) is 0 Å². The van der Waals surface area contributed by atoms with Crippen molar-refractivity contribution in [3.63, 3.8) is 0 Å². The van der Waals surface area contributed by atoms with Crippen molar-refractivity contribution in [2.75, 3.05) is 13.1 Å². The maximum Gasteiger partial charge on any atom is 0.0564 e. The van der Waals surface area contributed by atoms with Crippen LogP contribution >= 0.6 is 0 Å². The summed E-state index contributed by atoms with van der Waals surface area (Å²) in [6.45, 7) is 5.33. The summed E-state index contributed by atoms with van der Waals surface area (Å²) in [5.41, 5.74) is 1.32. The van der Waals surface area contributed by atoms with E-state index in [2.05, 4.69) is 27.8 Å². The number of hydrogen-bond donors (Lipinski definition) is 1. The Kier molecular flexibility index (Phi) is 3.89. The molecule has 1 aromatic rings. The third kappa shape index (κ3) is 3.00. The first-order valence-corrected chi connectivity index (χ1v) is 7.67. The molecule has 4 heteroatoms. The molecule has 106 valence electrons. The molecule has 0 amide bonds. The van der Waals surface area contributed by atoms with Crippen LogP contribution in [0.5, 0.6) is 0 Å². The normalized spacial score (nSPS) is 24.3. The highest BCUT2D eigenvalue weighted by Crippen LogP contribution is 2.28. The first kappa shape index (κ1) is 13.1. The summed E-state index contributed by atoms with van der Waals surface area (Å²) in [5, 5.41) is 14.1. The lowest BCUT2D eigenvalue weighted by Gasteiger charge is -2.33. The molecular weight excluding hydrogens is 238 g/mol. The van der Waals surface area contributed by atoms with E-state index in [9.17, 15) is 5.11 Å². The number of aromatic nitrogens is 2. The molecule has 1 aliphatic heterocycles. The second-order valence-corrected chi connectivity index (χ2v) is 6.24. The molecule has 1 N–H and O–H groups in total. The number of hydrogen-bond acceptors (Lipinski definition) is 3. The lowest BCUT2D eigenvalue weighted by molar-refractivity contribution is 0.0645. The lowest BCUT2D eigenvalue weighted by atomic mass is 9.85. The van der Waals surface area contributed by atoms with E-state index in [1.165, 1.54) is 24.8 Å². The van der Waals surface area contributed by atoms with Gasteiger partial charge in [-0.05, 0) is 38.5 Å². The molecule has 2 fully saturated rings. The van der Waals surface area contributed by atoms with Gasteiger partial charge in [0.1, 0.15) is 0 Å². The molecule has 0 radical (unpaired) electrons. The van der Waals surface area contributed by atoms with E-state index in [-0.39, 0.29) is 6.10 Å². The Morgan fingerprint density at radius 3 is 2.68 bits per heavy atom. The van der Waals surface area contributed by atoms with Gasteiger partial charge in [-0.3, -0.25) is 9.58 Å². The van der Waals surface area contributed by atoms with Gasteiger partial charge in [0.2, 0.25) is 0 Å². The summed E-state index contributed by atoms with van der Waals surface area (Å²) in [6, 6.07) is 0.419. The first-order chi connectivity index (χ1) is 9.22. The van der Waals surface area contributed by atoms with Crippen molar-refractivity contribution in [2.45, 2.75) is 57.7 Å². The minimum absolute atomic E-state index is 0.0928. The summed E-state index contributed by atoms with van der Waals surface area (Å²) >= 11 is 0. The van der Waals surface area contributed by atoms with E-state index in [4.69, 9.17) is 0 Å². The molecule has 1 aromatic heterocycles. The second kappa shape index (κ2) is 5.63. The van der Waals surface area contributed by atoms with Gasteiger partial charge < -0.3 is 5.11 Å². The van der Waals surface area contributed by atoms with Gasteiger partial charge in [-0.1, -0.05) is 6.42 Å². The zero-order chi connectivity index (χ0) is 13.2. The number of aliphatic hydroxyl groups excluding tert-OH is 1. The van der Waals surface area contributed by atoms with Crippen LogP contribution in [-0.4, -0.2) is 39.0 Å². The molecule has 0 bridgehead atoms. The molecule has 1 aliphatic carbocycles. The van der Waals surface area contributed by atoms with Gasteiger partial charge in [-0.15, -0.1) is 0 Å². The molecule has 1 saturated heterocycles. The highest BCUT2D eigenvalue weighted by molar-refractivity contribution is 5.10. The molecule has 1 unspecified atom stereocenters. The van der Waals surface area contributed by atoms with Crippen molar-refractivity contribution >= 4 is 0 Å². The monoisotopic (exact) mass is 263 g/mol. The molecule has 0 spiro atoms. The van der Waals surface area contributed by atoms with Crippen LogP contribution < -0.4 is 0 Å². The van der Waals surface area contributed by atoms with Crippen LogP contribution in [0, 0.1) is 5.92 Å². The quantitative estimate of drug-likeness (QED) is 0.905. The average Bonchev–Trinajstić information content (AvgIpc) is 2.82. The summed E-state index contributed by atoms with van der Waals surface area (Å²) < 4.78 is 2.12. The van der Waals surface area contributed by atoms with Crippen molar-refractivity contribution in [2.24, 2.45) is 5.92 Å². The molecule has 0 aromatic carbocycles. The van der Waals surface area contributed by atoms with Gasteiger partial charge >= 0.3 is 0 Å². The fraction of sp³-hybridized carbons (Fsp3) is 0.800. The number of piperidine rings is 1. The van der Waals surface area contributed by atoms with Crippen LogP contribution in [0.4, 0.5) is 0 Å². The molecule has 4 nitrogen and oxygen atoms in total. The van der Waals surface area contributed by atoms with E-state index >= 15 is 0 Å². The number of rotatable bonds is 4. The Morgan fingerprint density at radius 1 is 1.32 bits per heavy atom. The summed E-state index contributed by atoms with van der Waals surface area (Å²) in [5.74, 6) is 0.855. The van der Waals surface area contributed by atoms with E-state index < -0.39 is 0 Å². The number of likely N-dealkylation sites (tertiary alicyclic amines) is 1. The highest BCUT2D eigenvalue weighted by Gasteiger charge is 2.23. The topological polar surface area (TPSA) is 41.3 Å². The van der Waals surface area contributed by atoms with Crippen molar-refractivity contribution in [1.82, 2.24) is 14.7 Å². The van der Waals surface area contributed by atoms with Crippen molar-refractivity contribution in [1.29, 1.82) is 0 Å². The van der Waals surface area contributed by atoms with Crippen molar-refractivity contribution in [3.05, 3.63) is 18.0 Å². The smallest absolute Gasteiger partial charge is 0.0564 e. The van der Waals surface area contributed by atoms with E-state index in [0.29, 0.717) is 6.04 Å². The molecular formula is C15H25N3O. The van der Waals surface area contributed by atoms with Gasteiger partial charge in [0.25, 0.3) is 0 Å². The Morgan fingerprint density at radius 2 is 2.05 bits per heavy atom. The van der Waals surface area contributed by atoms with Crippen LogP contribution in [0.1, 0.15) is 50.6 Å². The second-order valence-electron chi connectivity index (χ2n) is 6.24. The van der Waals surface area contributed by atoms with Gasteiger partial charge in [-0.25, -0.2) is 0 Å². The molecule has 2 heterocycles. The molecule has 3 rings (SSSR count). The van der Waals surface area contributed by atoms with Crippen molar-refractivity contribution < 1.29 is 5.11 Å². The van der Waals surface area contributed by atoms with Crippen molar-refractivity contribution in [3.8, 4) is 0 Å². The third-order valence-electron chi connectivity index (χ3n) is 4.85. The highest BCUT2D eigenvalue weighted by atomic mass is 16.3. The Balaban J connectivity index is 1.58. The Labute approximate surface area is 115 Å². The number of aliphatic hydroxyl groups is 1. The Hall–Kier alpha value is -0.870. The third-order valence-corrected chi connectivity index (χ3v) is 4.85. The van der Waals surface area contributed by atoms with Gasteiger partial charge in [0, 0.05) is 37.4 Å². The van der Waals surface area contributed by atoms with Crippen LogP contribution in [0.3, 0.4) is 0 Å². The fourth-order valence-electron chi connectivity index (χ4n) is 3.12. The van der Waals surface area contributed by atoms with Crippen LogP contribution in [0.25, 0.3) is 0 Å². The summed E-state index contributed by atoms with van der Waals surface area (Å²) in [6.07, 6.45) is 10.1. The maximum atomic E-state index is 9.57. The predicted molar refractivity (Wildman–Crippen MR) is 74.8 cm³/mol. The Bertz CT molecular complexity index is 405. The van der Waals surface area contributed by atoms with E-state index in [1.54, 1.807) is 0 Å². The summed E-state index contributed by atoms with van der Waals surface area (Å²) in [4.78, 5) is 2.46. The largest absolute Gasteiger partial charge is 0.393 e. The molecule has 2 aliphatic rings. The standard InChI is InChI=1S/C15H25N3O/c1-12(17-7-5-15(19)6-8-17)14-9-16-18(11-14)10-13-3-2-4-13/h9,11-13,15,19H,2-8,10H2,1H3. The molecule has 1 saturated carbocycles. The maximum absolute atomic E-state index is 9.57. The zero-order valence-corrected chi connectivity index (χ0v) is 11.8. The van der Waals surface area contributed by atoms with E-state index in [0.717, 1.165) is 38.4 Å². The molecule has 19 heavy (non-hydrogen) atoms.